The van der Waals surface area contributed by atoms with Crippen molar-refractivity contribution in [1.29, 1.82) is 0 Å². The van der Waals surface area contributed by atoms with Gasteiger partial charge in [-0.3, -0.25) is 4.79 Å². The van der Waals surface area contributed by atoms with E-state index in [1.54, 1.807) is 0 Å². The Balaban J connectivity index is 2.15. The molecular weight excluding hydrogens is 276 g/mol. The van der Waals surface area contributed by atoms with E-state index in [9.17, 15) is 4.79 Å². The zero-order valence-electron chi connectivity index (χ0n) is 10.9. The summed E-state index contributed by atoms with van der Waals surface area (Å²) >= 11 is 6.24. The minimum absolute atomic E-state index is 0.294. The van der Waals surface area contributed by atoms with Crippen molar-refractivity contribution < 1.29 is 4.79 Å². The molecule has 0 amide bonds. The normalized spacial score (nSPS) is 11.1. The molecule has 0 aliphatic carbocycles. The highest BCUT2D eigenvalue weighted by Gasteiger charge is 2.18. The number of benzene rings is 1. The first-order chi connectivity index (χ1) is 9.74. The number of rotatable bonds is 4. The fraction of sp³-hybridized carbons (Fsp3) is 0.214. The maximum Gasteiger partial charge on any atom is 0.230 e. The molecule has 2 aromatic heterocycles. The van der Waals surface area contributed by atoms with Crippen molar-refractivity contribution in [2.75, 3.05) is 0 Å². The van der Waals surface area contributed by atoms with Crippen molar-refractivity contribution >= 4 is 28.9 Å². The molecule has 3 aromatic rings. The van der Waals surface area contributed by atoms with Crippen LogP contribution in [0.15, 0.2) is 24.3 Å². The minimum atomic E-state index is 0.294. The molecule has 0 unspecified atom stereocenters. The molecule has 0 aliphatic heterocycles. The fourth-order valence-corrected chi connectivity index (χ4v) is 2.44. The van der Waals surface area contributed by atoms with Gasteiger partial charge >= 0.3 is 0 Å². The van der Waals surface area contributed by atoms with Gasteiger partial charge in [0.1, 0.15) is 5.15 Å². The first-order valence-electron chi connectivity index (χ1n) is 6.42. The van der Waals surface area contributed by atoms with E-state index in [1.165, 1.54) is 4.68 Å². The molecule has 2 heterocycles. The average Bonchev–Trinajstić information content (AvgIpc) is 3.00. The van der Waals surface area contributed by atoms with Crippen molar-refractivity contribution in [3.05, 3.63) is 40.7 Å². The Morgan fingerprint density at radius 3 is 2.90 bits per heavy atom. The summed E-state index contributed by atoms with van der Waals surface area (Å²) in [5.41, 5.74) is 2.87. The van der Waals surface area contributed by atoms with Crippen LogP contribution in [0.3, 0.4) is 0 Å². The number of aromatic amines is 1. The molecule has 5 nitrogen and oxygen atoms in total. The number of imidazole rings is 1. The lowest BCUT2D eigenvalue weighted by atomic mass is 10.2. The Morgan fingerprint density at radius 1 is 1.40 bits per heavy atom. The molecule has 6 heteroatoms. The number of aromatic nitrogens is 4. The minimum Gasteiger partial charge on any atom is -0.322 e. The molecule has 0 saturated carbocycles. The van der Waals surface area contributed by atoms with Crippen molar-refractivity contribution in [3.8, 4) is 5.95 Å². The molecule has 3 rings (SSSR count). The number of nitrogens with one attached hydrogen (secondary N) is 1. The first-order valence-corrected chi connectivity index (χ1v) is 6.80. The number of aryl methyl sites for hydroxylation is 1. The van der Waals surface area contributed by atoms with Gasteiger partial charge in [0.2, 0.25) is 5.95 Å². The van der Waals surface area contributed by atoms with Crippen LogP contribution in [0.4, 0.5) is 0 Å². The molecule has 0 aliphatic rings. The third-order valence-corrected chi connectivity index (χ3v) is 3.49. The van der Waals surface area contributed by atoms with E-state index in [4.69, 9.17) is 11.6 Å². The molecule has 102 valence electrons. The van der Waals surface area contributed by atoms with Crippen LogP contribution in [0.5, 0.6) is 0 Å². The quantitative estimate of drug-likeness (QED) is 0.750. The van der Waals surface area contributed by atoms with E-state index < -0.39 is 0 Å². The molecule has 0 atom stereocenters. The van der Waals surface area contributed by atoms with E-state index >= 15 is 0 Å². The van der Waals surface area contributed by atoms with Crippen LogP contribution in [-0.2, 0) is 6.42 Å². The third-order valence-electron chi connectivity index (χ3n) is 3.12. The highest BCUT2D eigenvalue weighted by molar-refractivity contribution is 6.32. The van der Waals surface area contributed by atoms with Gasteiger partial charge in [0.05, 0.1) is 22.3 Å². The summed E-state index contributed by atoms with van der Waals surface area (Å²) in [5.74, 6) is 0.515. The molecule has 1 N–H and O–H groups in total. The van der Waals surface area contributed by atoms with E-state index in [2.05, 4.69) is 15.1 Å². The molecule has 0 saturated heterocycles. The number of fused-ring (bicyclic) bond motifs is 1. The second-order valence-electron chi connectivity index (χ2n) is 4.51. The Labute approximate surface area is 120 Å². The summed E-state index contributed by atoms with van der Waals surface area (Å²) in [6.07, 6.45) is 2.36. The van der Waals surface area contributed by atoms with Crippen LogP contribution >= 0.6 is 11.6 Å². The summed E-state index contributed by atoms with van der Waals surface area (Å²) < 4.78 is 1.48. The zero-order chi connectivity index (χ0) is 14.1. The van der Waals surface area contributed by atoms with E-state index in [-0.39, 0.29) is 0 Å². The van der Waals surface area contributed by atoms with Crippen LogP contribution in [0.25, 0.3) is 17.0 Å². The Morgan fingerprint density at radius 2 is 2.20 bits per heavy atom. The molecule has 0 spiro atoms. The number of para-hydroxylation sites is 2. The predicted molar refractivity (Wildman–Crippen MR) is 77.6 cm³/mol. The molecule has 0 bridgehead atoms. The summed E-state index contributed by atoms with van der Waals surface area (Å²) in [6.45, 7) is 2.03. The summed E-state index contributed by atoms with van der Waals surface area (Å²) in [6, 6.07) is 7.67. The lowest BCUT2D eigenvalue weighted by molar-refractivity contribution is 0.112. The van der Waals surface area contributed by atoms with Gasteiger partial charge < -0.3 is 4.98 Å². The maximum atomic E-state index is 11.2. The van der Waals surface area contributed by atoms with Crippen LogP contribution in [0.2, 0.25) is 5.15 Å². The predicted octanol–water partition coefficient (Wildman–Crippen LogP) is 3.17. The fourth-order valence-electron chi connectivity index (χ4n) is 2.17. The number of H-pyrrole nitrogens is 1. The standard InChI is InChI=1S/C14H13ClN4O/c1-2-5-10-9(8-20)13(15)19(18-10)14-16-11-6-3-4-7-12(11)17-14/h3-4,6-8H,2,5H2,1H3,(H,16,17). The Kier molecular flexibility index (Phi) is 3.28. The third kappa shape index (κ3) is 2.00. The highest BCUT2D eigenvalue weighted by atomic mass is 35.5. The summed E-state index contributed by atoms with van der Waals surface area (Å²) in [5, 5.41) is 4.69. The monoisotopic (exact) mass is 288 g/mol. The van der Waals surface area contributed by atoms with Gasteiger partial charge in [0.25, 0.3) is 0 Å². The van der Waals surface area contributed by atoms with Gasteiger partial charge in [-0.25, -0.2) is 4.98 Å². The largest absolute Gasteiger partial charge is 0.322 e. The van der Waals surface area contributed by atoms with Gasteiger partial charge in [-0.1, -0.05) is 37.1 Å². The molecule has 0 fully saturated rings. The zero-order valence-corrected chi connectivity index (χ0v) is 11.7. The van der Waals surface area contributed by atoms with Crippen LogP contribution < -0.4 is 0 Å². The topological polar surface area (TPSA) is 63.6 Å². The summed E-state index contributed by atoms with van der Waals surface area (Å²) in [4.78, 5) is 18.8. The van der Waals surface area contributed by atoms with Crippen molar-refractivity contribution in [2.24, 2.45) is 0 Å². The molecule has 20 heavy (non-hydrogen) atoms. The van der Waals surface area contributed by atoms with Gasteiger partial charge in [-0.05, 0) is 18.6 Å². The van der Waals surface area contributed by atoms with Crippen LogP contribution in [-0.4, -0.2) is 26.0 Å². The van der Waals surface area contributed by atoms with Crippen LogP contribution in [0.1, 0.15) is 29.4 Å². The first kappa shape index (κ1) is 12.9. The van der Waals surface area contributed by atoms with E-state index in [0.29, 0.717) is 28.8 Å². The second-order valence-corrected chi connectivity index (χ2v) is 4.87. The highest BCUT2D eigenvalue weighted by Crippen LogP contribution is 2.23. The van der Waals surface area contributed by atoms with Gasteiger partial charge in [0, 0.05) is 0 Å². The van der Waals surface area contributed by atoms with E-state index in [0.717, 1.165) is 23.7 Å². The van der Waals surface area contributed by atoms with Gasteiger partial charge in [-0.15, -0.1) is 0 Å². The van der Waals surface area contributed by atoms with Crippen molar-refractivity contribution in [1.82, 2.24) is 19.7 Å². The lowest BCUT2D eigenvalue weighted by Crippen LogP contribution is -1.99. The Bertz CT molecular complexity index is 742. The second kappa shape index (κ2) is 5.09. The molecule has 0 radical (unpaired) electrons. The number of aldehydes is 1. The number of nitrogens with zero attached hydrogens (tertiary/aromatic N) is 3. The van der Waals surface area contributed by atoms with Crippen molar-refractivity contribution in [3.63, 3.8) is 0 Å². The lowest BCUT2D eigenvalue weighted by Gasteiger charge is -1.96. The van der Waals surface area contributed by atoms with Gasteiger partial charge in [-0.2, -0.15) is 9.78 Å². The van der Waals surface area contributed by atoms with E-state index in [1.807, 2.05) is 31.2 Å². The number of halogens is 1. The smallest absolute Gasteiger partial charge is 0.230 e. The maximum absolute atomic E-state index is 11.2. The Hall–Kier alpha value is -2.14. The number of carbonyl (C=O) groups excluding carboxylic acids is 1. The molecular formula is C14H13ClN4O. The van der Waals surface area contributed by atoms with Crippen LogP contribution in [0, 0.1) is 0 Å². The SMILES string of the molecule is CCCc1nn(-c2nc3ccccc3[nH]2)c(Cl)c1C=O. The molecule has 1 aromatic carbocycles. The average molecular weight is 289 g/mol. The number of hydrogen-bond acceptors (Lipinski definition) is 3. The van der Waals surface area contributed by atoms with Gasteiger partial charge in [0.15, 0.2) is 6.29 Å². The number of carbonyl (C=O) groups is 1. The summed E-state index contributed by atoms with van der Waals surface area (Å²) in [7, 11) is 0. The van der Waals surface area contributed by atoms with Crippen molar-refractivity contribution in [2.45, 2.75) is 19.8 Å². The number of hydrogen-bond donors (Lipinski definition) is 1.